The molecule has 0 spiro atoms. The van der Waals surface area contributed by atoms with E-state index in [0.717, 1.165) is 6.54 Å². The van der Waals surface area contributed by atoms with Crippen LogP contribution >= 0.6 is 0 Å². The molecule has 0 fully saturated rings. The van der Waals surface area contributed by atoms with Gasteiger partial charge in [-0.1, -0.05) is 0 Å². The van der Waals surface area contributed by atoms with Crippen molar-refractivity contribution >= 4 is 0 Å². The maximum absolute atomic E-state index is 5.14. The van der Waals surface area contributed by atoms with Gasteiger partial charge in [0.2, 0.25) is 0 Å². The van der Waals surface area contributed by atoms with Crippen LogP contribution in [0.5, 0.6) is 0 Å². The molecule has 13 heavy (non-hydrogen) atoms. The third-order valence-corrected chi connectivity index (χ3v) is 2.27. The van der Waals surface area contributed by atoms with E-state index in [1.54, 1.807) is 14.2 Å². The molecule has 0 aliphatic rings. The molecule has 0 aromatic carbocycles. The van der Waals surface area contributed by atoms with Crippen LogP contribution in [0.2, 0.25) is 0 Å². The van der Waals surface area contributed by atoms with Crippen LogP contribution in [0.4, 0.5) is 0 Å². The number of aromatic nitrogens is 1. The summed E-state index contributed by atoms with van der Waals surface area (Å²) in [7, 11) is 3.31. The maximum atomic E-state index is 5.14. The van der Waals surface area contributed by atoms with E-state index < -0.39 is 0 Å². The second kappa shape index (κ2) is 4.44. The quantitative estimate of drug-likeness (QED) is 0.663. The lowest BCUT2D eigenvalue weighted by Gasteiger charge is -2.16. The van der Waals surface area contributed by atoms with Gasteiger partial charge in [-0.3, -0.25) is 0 Å². The minimum atomic E-state index is -0.162. The van der Waals surface area contributed by atoms with Crippen molar-refractivity contribution in [2.75, 3.05) is 14.2 Å². The Labute approximate surface area is 79.3 Å². The first-order valence-corrected chi connectivity index (χ1v) is 4.37. The molecule has 0 amide bonds. The van der Waals surface area contributed by atoms with Crippen LogP contribution in [-0.2, 0) is 16.0 Å². The van der Waals surface area contributed by atoms with Crippen molar-refractivity contribution < 1.29 is 9.47 Å². The molecule has 1 aromatic rings. The fraction of sp³-hybridized carbons (Fsp3) is 0.600. The van der Waals surface area contributed by atoms with E-state index in [1.807, 2.05) is 0 Å². The van der Waals surface area contributed by atoms with E-state index in [2.05, 4.69) is 30.5 Å². The standard InChI is InChI=1S/C10H17NO2/c1-8-5-6-9(2)11(8)7-10(12-3)13-4/h5-6,10H,7H2,1-4H3. The van der Waals surface area contributed by atoms with Crippen molar-refractivity contribution in [1.82, 2.24) is 4.57 Å². The highest BCUT2D eigenvalue weighted by Gasteiger charge is 2.08. The summed E-state index contributed by atoms with van der Waals surface area (Å²) in [5, 5.41) is 0. The molecule has 3 nitrogen and oxygen atoms in total. The van der Waals surface area contributed by atoms with Gasteiger partial charge in [0.1, 0.15) is 0 Å². The van der Waals surface area contributed by atoms with Crippen molar-refractivity contribution in [3.8, 4) is 0 Å². The third-order valence-electron chi connectivity index (χ3n) is 2.27. The summed E-state index contributed by atoms with van der Waals surface area (Å²) in [4.78, 5) is 0. The first-order chi connectivity index (χ1) is 6.19. The molecule has 74 valence electrons. The van der Waals surface area contributed by atoms with Crippen LogP contribution in [0, 0.1) is 13.8 Å². The van der Waals surface area contributed by atoms with E-state index >= 15 is 0 Å². The van der Waals surface area contributed by atoms with Gasteiger partial charge in [0.05, 0.1) is 6.54 Å². The van der Waals surface area contributed by atoms with Crippen molar-refractivity contribution in [3.05, 3.63) is 23.5 Å². The van der Waals surface area contributed by atoms with Gasteiger partial charge in [-0.05, 0) is 26.0 Å². The van der Waals surface area contributed by atoms with Crippen LogP contribution in [-0.4, -0.2) is 25.1 Å². The summed E-state index contributed by atoms with van der Waals surface area (Å²) >= 11 is 0. The van der Waals surface area contributed by atoms with Crippen molar-refractivity contribution in [2.45, 2.75) is 26.7 Å². The molecule has 0 bridgehead atoms. The Kier molecular flexibility index (Phi) is 3.51. The van der Waals surface area contributed by atoms with Crippen molar-refractivity contribution in [3.63, 3.8) is 0 Å². The van der Waals surface area contributed by atoms with Crippen LogP contribution in [0.1, 0.15) is 11.4 Å². The molecule has 0 unspecified atom stereocenters. The van der Waals surface area contributed by atoms with E-state index in [4.69, 9.17) is 9.47 Å². The highest BCUT2D eigenvalue weighted by molar-refractivity contribution is 5.13. The van der Waals surface area contributed by atoms with Crippen LogP contribution in [0.25, 0.3) is 0 Å². The van der Waals surface area contributed by atoms with Crippen molar-refractivity contribution in [1.29, 1.82) is 0 Å². The third kappa shape index (κ3) is 2.32. The largest absolute Gasteiger partial charge is 0.354 e. The summed E-state index contributed by atoms with van der Waals surface area (Å²) < 4.78 is 12.5. The molecule has 0 atom stereocenters. The molecule has 0 saturated carbocycles. The molecule has 0 aliphatic heterocycles. The number of nitrogens with zero attached hydrogens (tertiary/aromatic N) is 1. The van der Waals surface area contributed by atoms with E-state index in [-0.39, 0.29) is 6.29 Å². The Morgan fingerprint density at radius 1 is 1.15 bits per heavy atom. The molecule has 1 aromatic heterocycles. The summed E-state index contributed by atoms with van der Waals surface area (Å²) in [6.45, 7) is 4.91. The molecule has 1 rings (SSSR count). The zero-order chi connectivity index (χ0) is 9.84. The van der Waals surface area contributed by atoms with Gasteiger partial charge >= 0.3 is 0 Å². The molecule has 3 heteroatoms. The fourth-order valence-electron chi connectivity index (χ4n) is 1.38. The predicted octanol–water partition coefficient (Wildman–Crippen LogP) is 1.72. The summed E-state index contributed by atoms with van der Waals surface area (Å²) in [5.41, 5.74) is 2.47. The monoisotopic (exact) mass is 183 g/mol. The second-order valence-electron chi connectivity index (χ2n) is 3.13. The first-order valence-electron chi connectivity index (χ1n) is 4.37. The fourth-order valence-corrected chi connectivity index (χ4v) is 1.38. The Bertz CT molecular complexity index is 244. The number of hydrogen-bond acceptors (Lipinski definition) is 2. The summed E-state index contributed by atoms with van der Waals surface area (Å²) in [5.74, 6) is 0. The van der Waals surface area contributed by atoms with Crippen LogP contribution in [0.15, 0.2) is 12.1 Å². The predicted molar refractivity (Wildman–Crippen MR) is 51.7 cm³/mol. The minimum Gasteiger partial charge on any atom is -0.354 e. The highest BCUT2D eigenvalue weighted by atomic mass is 16.7. The second-order valence-corrected chi connectivity index (χ2v) is 3.13. The Balaban J connectivity index is 2.72. The van der Waals surface area contributed by atoms with E-state index in [9.17, 15) is 0 Å². The summed E-state index contributed by atoms with van der Waals surface area (Å²) in [6.07, 6.45) is -0.162. The van der Waals surface area contributed by atoms with E-state index in [0.29, 0.717) is 0 Å². The summed E-state index contributed by atoms with van der Waals surface area (Å²) in [6, 6.07) is 4.19. The number of rotatable bonds is 4. The minimum absolute atomic E-state index is 0.162. The SMILES string of the molecule is COC(Cn1c(C)ccc1C)OC. The molecular formula is C10H17NO2. The zero-order valence-corrected chi connectivity index (χ0v) is 8.70. The van der Waals surface area contributed by atoms with Gasteiger partial charge in [-0.15, -0.1) is 0 Å². The molecule has 0 saturated heterocycles. The molecule has 0 N–H and O–H groups in total. The number of ether oxygens (including phenoxy) is 2. The molecule has 0 aliphatic carbocycles. The number of aryl methyl sites for hydroxylation is 2. The Morgan fingerprint density at radius 2 is 1.62 bits per heavy atom. The van der Waals surface area contributed by atoms with Gasteiger partial charge in [0.15, 0.2) is 6.29 Å². The lowest BCUT2D eigenvalue weighted by Crippen LogP contribution is -2.21. The topological polar surface area (TPSA) is 23.4 Å². The van der Waals surface area contributed by atoms with Crippen molar-refractivity contribution in [2.24, 2.45) is 0 Å². The highest BCUT2D eigenvalue weighted by Crippen LogP contribution is 2.09. The van der Waals surface area contributed by atoms with Crippen LogP contribution < -0.4 is 0 Å². The molecule has 1 heterocycles. The number of methoxy groups -OCH3 is 2. The van der Waals surface area contributed by atoms with Gasteiger partial charge in [-0.2, -0.15) is 0 Å². The normalized spacial score (nSPS) is 11.2. The molecule has 0 radical (unpaired) electrons. The zero-order valence-electron chi connectivity index (χ0n) is 8.70. The van der Waals surface area contributed by atoms with Gasteiger partial charge in [0.25, 0.3) is 0 Å². The Morgan fingerprint density at radius 3 is 2.00 bits per heavy atom. The smallest absolute Gasteiger partial charge is 0.174 e. The average Bonchev–Trinajstić information content (AvgIpc) is 2.44. The lowest BCUT2D eigenvalue weighted by atomic mass is 10.5. The van der Waals surface area contributed by atoms with Gasteiger partial charge in [0, 0.05) is 25.6 Å². The molecular weight excluding hydrogens is 166 g/mol. The van der Waals surface area contributed by atoms with Crippen LogP contribution in [0.3, 0.4) is 0 Å². The lowest BCUT2D eigenvalue weighted by molar-refractivity contribution is -0.111. The Hall–Kier alpha value is -0.800. The van der Waals surface area contributed by atoms with E-state index in [1.165, 1.54) is 11.4 Å². The van der Waals surface area contributed by atoms with Gasteiger partial charge in [-0.25, -0.2) is 0 Å². The van der Waals surface area contributed by atoms with Gasteiger partial charge < -0.3 is 14.0 Å². The number of hydrogen-bond donors (Lipinski definition) is 0. The maximum Gasteiger partial charge on any atom is 0.174 e. The first kappa shape index (κ1) is 10.3. The average molecular weight is 183 g/mol.